The summed E-state index contributed by atoms with van der Waals surface area (Å²) >= 11 is 6.59. The van der Waals surface area contributed by atoms with Crippen LogP contribution in [0.2, 0.25) is 5.02 Å². The zero-order valence-electron chi connectivity index (χ0n) is 22.2. The van der Waals surface area contributed by atoms with Gasteiger partial charge in [0, 0.05) is 17.8 Å². The summed E-state index contributed by atoms with van der Waals surface area (Å²) in [5.74, 6) is 1.67. The van der Waals surface area contributed by atoms with E-state index in [1.807, 2.05) is 13.0 Å². The molecule has 6 rings (SSSR count). The molecule has 3 atom stereocenters. The van der Waals surface area contributed by atoms with Gasteiger partial charge in [0.25, 0.3) is 0 Å². The smallest absolute Gasteiger partial charge is 0.180 e. The predicted octanol–water partition coefficient (Wildman–Crippen LogP) is 9.03. The van der Waals surface area contributed by atoms with E-state index >= 15 is 0 Å². The molecular formula is C34H30ClFN2O2. The molecule has 0 saturated carbocycles. The molecule has 0 unspecified atom stereocenters. The van der Waals surface area contributed by atoms with Gasteiger partial charge >= 0.3 is 0 Å². The maximum absolute atomic E-state index is 13.2. The average Bonchev–Trinajstić information content (AvgIpc) is 3.47. The molecule has 0 aromatic heterocycles. The van der Waals surface area contributed by atoms with Crippen molar-refractivity contribution in [3.05, 3.63) is 130 Å². The van der Waals surface area contributed by atoms with Crippen molar-refractivity contribution in [2.45, 2.75) is 31.9 Å². The van der Waals surface area contributed by atoms with Crippen LogP contribution in [0, 0.1) is 11.7 Å². The Morgan fingerprint density at radius 1 is 1.00 bits per heavy atom. The van der Waals surface area contributed by atoms with Crippen LogP contribution in [0.4, 0.5) is 15.8 Å². The van der Waals surface area contributed by atoms with Crippen molar-refractivity contribution in [1.82, 2.24) is 0 Å². The third-order valence-corrected chi connectivity index (χ3v) is 7.80. The number of halogens is 2. The Kier molecular flexibility index (Phi) is 7.56. The lowest BCUT2D eigenvalue weighted by Crippen LogP contribution is -2.28. The molecule has 1 heterocycles. The van der Waals surface area contributed by atoms with Crippen LogP contribution in [0.1, 0.15) is 47.6 Å². The summed E-state index contributed by atoms with van der Waals surface area (Å²) in [5.41, 5.74) is 6.35. The molecule has 4 aromatic carbocycles. The summed E-state index contributed by atoms with van der Waals surface area (Å²) in [6.07, 6.45) is 7.52. The summed E-state index contributed by atoms with van der Waals surface area (Å²) in [4.78, 5) is 4.69. The number of rotatable bonds is 8. The largest absolute Gasteiger partial charge is 0.490 e. The molecule has 0 amide bonds. The van der Waals surface area contributed by atoms with Gasteiger partial charge in [-0.3, -0.25) is 4.99 Å². The van der Waals surface area contributed by atoms with E-state index in [-0.39, 0.29) is 18.5 Å². The van der Waals surface area contributed by atoms with Gasteiger partial charge in [-0.2, -0.15) is 0 Å². The topological polar surface area (TPSA) is 42.8 Å². The number of nitrogens with zero attached hydrogens (tertiary/aromatic N) is 1. The fourth-order valence-corrected chi connectivity index (χ4v) is 5.87. The second-order valence-corrected chi connectivity index (χ2v) is 10.5. The Labute approximate surface area is 239 Å². The van der Waals surface area contributed by atoms with Gasteiger partial charge in [-0.05, 0) is 84.0 Å². The number of hydrogen-bond donors (Lipinski definition) is 1. The third kappa shape index (κ3) is 5.47. The molecule has 0 bridgehead atoms. The predicted molar refractivity (Wildman–Crippen MR) is 160 cm³/mol. The number of nitrogens with one attached hydrogen (secondary N) is 1. The molecule has 2 aliphatic rings. The molecule has 6 heteroatoms. The lowest BCUT2D eigenvalue weighted by atomic mass is 9.77. The minimum absolute atomic E-state index is 0.249. The van der Waals surface area contributed by atoms with Crippen LogP contribution < -0.4 is 14.8 Å². The third-order valence-electron chi connectivity index (χ3n) is 7.52. The van der Waals surface area contributed by atoms with Gasteiger partial charge in [0.1, 0.15) is 12.4 Å². The van der Waals surface area contributed by atoms with Crippen LogP contribution in [0.25, 0.3) is 0 Å². The van der Waals surface area contributed by atoms with E-state index in [1.165, 1.54) is 28.9 Å². The van der Waals surface area contributed by atoms with Crippen LogP contribution in [-0.2, 0) is 6.61 Å². The first-order valence-corrected chi connectivity index (χ1v) is 14.0. The van der Waals surface area contributed by atoms with E-state index in [4.69, 9.17) is 26.1 Å². The van der Waals surface area contributed by atoms with Crippen molar-refractivity contribution in [2.24, 2.45) is 10.9 Å². The summed E-state index contributed by atoms with van der Waals surface area (Å²) in [7, 11) is 0. The lowest BCUT2D eigenvalue weighted by Gasteiger charge is -2.37. The number of para-hydroxylation sites is 1. The maximum atomic E-state index is 13.2. The molecule has 0 fully saturated rings. The average molecular weight is 553 g/mol. The van der Waals surface area contributed by atoms with Gasteiger partial charge in [-0.15, -0.1) is 0 Å². The second-order valence-electron chi connectivity index (χ2n) is 10.1. The Bertz CT molecular complexity index is 1550. The summed E-state index contributed by atoms with van der Waals surface area (Å²) in [6.45, 7) is 2.62. The highest BCUT2D eigenvalue weighted by Gasteiger charge is 2.37. The first kappa shape index (κ1) is 26.1. The van der Waals surface area contributed by atoms with E-state index in [0.29, 0.717) is 35.0 Å². The fourth-order valence-electron chi connectivity index (χ4n) is 5.59. The molecule has 1 N–H and O–H groups in total. The minimum Gasteiger partial charge on any atom is -0.490 e. The molecule has 4 aromatic rings. The molecule has 0 spiro atoms. The van der Waals surface area contributed by atoms with Gasteiger partial charge in [-0.1, -0.05) is 66.2 Å². The quantitative estimate of drug-likeness (QED) is 0.175. The maximum Gasteiger partial charge on any atom is 0.180 e. The van der Waals surface area contributed by atoms with E-state index in [1.54, 1.807) is 24.4 Å². The van der Waals surface area contributed by atoms with E-state index in [0.717, 1.165) is 23.2 Å². The van der Waals surface area contributed by atoms with Crippen molar-refractivity contribution in [1.29, 1.82) is 0 Å². The monoisotopic (exact) mass is 552 g/mol. The molecule has 202 valence electrons. The molecule has 0 saturated heterocycles. The molecule has 1 aliphatic carbocycles. The van der Waals surface area contributed by atoms with Crippen molar-refractivity contribution < 1.29 is 13.9 Å². The minimum atomic E-state index is -0.286. The SMILES string of the molecule is CCOc1cc(C=Nc2ccc([C@@H]3Nc4ccccc4[C@H]4C=CC[C@H]43)cc2)cc(Cl)c1OCc1ccc(F)cc1. The van der Waals surface area contributed by atoms with E-state index in [2.05, 4.69) is 66.0 Å². The van der Waals surface area contributed by atoms with Gasteiger partial charge in [0.2, 0.25) is 0 Å². The summed E-state index contributed by atoms with van der Waals surface area (Å²) in [6, 6.07) is 27.1. The number of anilines is 1. The Balaban J connectivity index is 1.17. The molecular weight excluding hydrogens is 523 g/mol. The number of allylic oxidation sites excluding steroid dienone is 2. The zero-order chi connectivity index (χ0) is 27.5. The molecule has 1 aliphatic heterocycles. The van der Waals surface area contributed by atoms with Crippen molar-refractivity contribution in [3.8, 4) is 11.5 Å². The van der Waals surface area contributed by atoms with Crippen LogP contribution >= 0.6 is 11.6 Å². The second kappa shape index (κ2) is 11.6. The Morgan fingerprint density at radius 3 is 2.60 bits per heavy atom. The van der Waals surface area contributed by atoms with Crippen LogP contribution in [0.5, 0.6) is 11.5 Å². The normalized spacial score (nSPS) is 19.2. The lowest BCUT2D eigenvalue weighted by molar-refractivity contribution is 0.269. The fraction of sp³-hybridized carbons (Fsp3) is 0.206. The summed E-state index contributed by atoms with van der Waals surface area (Å²) in [5, 5.41) is 4.20. The van der Waals surface area contributed by atoms with Gasteiger partial charge < -0.3 is 14.8 Å². The number of hydrogen-bond acceptors (Lipinski definition) is 4. The number of fused-ring (bicyclic) bond motifs is 3. The number of ether oxygens (including phenoxy) is 2. The van der Waals surface area contributed by atoms with Gasteiger partial charge in [0.05, 0.1) is 23.4 Å². The first-order valence-electron chi connectivity index (χ1n) is 13.6. The van der Waals surface area contributed by atoms with Gasteiger partial charge in [0.15, 0.2) is 11.5 Å². The summed E-state index contributed by atoms with van der Waals surface area (Å²) < 4.78 is 25.0. The number of aliphatic imine (C=N–C) groups is 1. The van der Waals surface area contributed by atoms with Crippen molar-refractivity contribution in [2.75, 3.05) is 11.9 Å². The first-order chi connectivity index (χ1) is 19.6. The molecule has 40 heavy (non-hydrogen) atoms. The van der Waals surface area contributed by atoms with E-state index in [9.17, 15) is 4.39 Å². The van der Waals surface area contributed by atoms with Crippen LogP contribution in [0.15, 0.2) is 102 Å². The highest BCUT2D eigenvalue weighted by Crippen LogP contribution is 2.49. The highest BCUT2D eigenvalue weighted by molar-refractivity contribution is 6.32. The van der Waals surface area contributed by atoms with Crippen molar-refractivity contribution in [3.63, 3.8) is 0 Å². The van der Waals surface area contributed by atoms with E-state index < -0.39 is 0 Å². The van der Waals surface area contributed by atoms with Crippen LogP contribution in [-0.4, -0.2) is 12.8 Å². The Hall–Kier alpha value is -4.09. The Morgan fingerprint density at radius 2 is 1.80 bits per heavy atom. The molecule has 0 radical (unpaired) electrons. The van der Waals surface area contributed by atoms with Crippen LogP contribution in [0.3, 0.4) is 0 Å². The molecule has 4 nitrogen and oxygen atoms in total. The highest BCUT2D eigenvalue weighted by atomic mass is 35.5. The van der Waals surface area contributed by atoms with Crippen molar-refractivity contribution >= 4 is 29.2 Å². The number of benzene rings is 4. The standard InChI is InChI=1S/C34H30ClFN2O2/c1-2-39-32-19-23(18-30(35)34(32)40-21-22-10-14-25(36)15-11-22)20-37-26-16-12-24(13-17-26)33-29-8-5-7-27(29)28-6-3-4-9-31(28)38-33/h3-7,9-20,27,29,33,38H,2,8,21H2,1H3/t27-,29-,33+/m1/s1. The zero-order valence-corrected chi connectivity index (χ0v) is 22.9. The van der Waals surface area contributed by atoms with Gasteiger partial charge in [-0.25, -0.2) is 4.39 Å².